The molecule has 1 saturated heterocycles. The highest BCUT2D eigenvalue weighted by Crippen LogP contribution is 2.22. The number of aliphatic hydroxyl groups is 1. The predicted octanol–water partition coefficient (Wildman–Crippen LogP) is 1.49. The maximum absolute atomic E-state index is 13.2. The average molecular weight is 273 g/mol. The number of rotatable bonds is 3. The van der Waals surface area contributed by atoms with Crippen LogP contribution in [0.3, 0.4) is 0 Å². The molecule has 1 heterocycles. The molecular weight excluding hydrogens is 257 g/mol. The summed E-state index contributed by atoms with van der Waals surface area (Å²) in [5.41, 5.74) is 0.00749. The van der Waals surface area contributed by atoms with Gasteiger partial charge >= 0.3 is 0 Å². The molecule has 0 radical (unpaired) electrons. The van der Waals surface area contributed by atoms with Crippen LogP contribution in [0.1, 0.15) is 24.8 Å². The van der Waals surface area contributed by atoms with Crippen molar-refractivity contribution in [3.05, 3.63) is 29.6 Å². The zero-order valence-electron chi connectivity index (χ0n) is 9.97. The zero-order chi connectivity index (χ0) is 13.2. The molecule has 100 valence electrons. The van der Waals surface area contributed by atoms with E-state index in [0.717, 1.165) is 25.3 Å². The Bertz CT molecular complexity index is 524. The molecule has 18 heavy (non-hydrogen) atoms. The fraction of sp³-hybridized carbons (Fsp3) is 0.500. The first-order valence-corrected chi connectivity index (χ1v) is 7.39. The van der Waals surface area contributed by atoms with Gasteiger partial charge in [0.05, 0.1) is 11.5 Å². The van der Waals surface area contributed by atoms with Crippen molar-refractivity contribution in [2.45, 2.75) is 30.8 Å². The van der Waals surface area contributed by atoms with Crippen LogP contribution in [0.4, 0.5) is 4.39 Å². The van der Waals surface area contributed by atoms with Crippen molar-refractivity contribution in [2.24, 2.45) is 0 Å². The second-order valence-corrected chi connectivity index (χ2v) is 6.31. The second-order valence-electron chi connectivity index (χ2n) is 4.38. The van der Waals surface area contributed by atoms with Crippen molar-refractivity contribution in [1.82, 2.24) is 4.31 Å². The minimum atomic E-state index is -3.56. The largest absolute Gasteiger partial charge is 0.392 e. The Balaban J connectivity index is 2.34. The minimum Gasteiger partial charge on any atom is -0.392 e. The molecule has 2 rings (SSSR count). The summed E-state index contributed by atoms with van der Waals surface area (Å²) in [6.07, 6.45) is 2.75. The highest BCUT2D eigenvalue weighted by molar-refractivity contribution is 7.89. The summed E-state index contributed by atoms with van der Waals surface area (Å²) in [4.78, 5) is 0.0508. The number of nitrogens with zero attached hydrogens (tertiary/aromatic N) is 1. The first-order chi connectivity index (χ1) is 8.55. The van der Waals surface area contributed by atoms with Crippen LogP contribution in [0.25, 0.3) is 0 Å². The van der Waals surface area contributed by atoms with Crippen LogP contribution >= 0.6 is 0 Å². The Morgan fingerprint density at radius 2 is 1.89 bits per heavy atom. The van der Waals surface area contributed by atoms with Gasteiger partial charge in [-0.3, -0.25) is 0 Å². The van der Waals surface area contributed by atoms with Crippen LogP contribution in [0.2, 0.25) is 0 Å². The molecule has 1 N–H and O–H groups in total. The molecule has 0 bridgehead atoms. The van der Waals surface area contributed by atoms with E-state index in [9.17, 15) is 12.8 Å². The Labute approximate surface area is 106 Å². The molecule has 0 aliphatic carbocycles. The van der Waals surface area contributed by atoms with Crippen molar-refractivity contribution < 1.29 is 17.9 Å². The Kier molecular flexibility index (Phi) is 3.99. The normalized spacial score (nSPS) is 17.9. The smallest absolute Gasteiger partial charge is 0.243 e. The highest BCUT2D eigenvalue weighted by Gasteiger charge is 2.26. The predicted molar refractivity (Wildman–Crippen MR) is 64.9 cm³/mol. The maximum Gasteiger partial charge on any atom is 0.243 e. The quantitative estimate of drug-likeness (QED) is 0.908. The molecule has 0 atom stereocenters. The summed E-state index contributed by atoms with van der Waals surface area (Å²) >= 11 is 0. The summed E-state index contributed by atoms with van der Waals surface area (Å²) in [6.45, 7) is 0.511. The maximum atomic E-state index is 13.2. The van der Waals surface area contributed by atoms with Gasteiger partial charge in [-0.15, -0.1) is 0 Å². The van der Waals surface area contributed by atoms with Crippen molar-refractivity contribution in [1.29, 1.82) is 0 Å². The van der Waals surface area contributed by atoms with Gasteiger partial charge in [-0.2, -0.15) is 4.31 Å². The van der Waals surface area contributed by atoms with E-state index in [1.165, 1.54) is 16.4 Å². The third-order valence-electron chi connectivity index (χ3n) is 3.14. The van der Waals surface area contributed by atoms with E-state index in [0.29, 0.717) is 13.1 Å². The monoisotopic (exact) mass is 273 g/mol. The summed E-state index contributed by atoms with van der Waals surface area (Å²) in [6, 6.07) is 3.54. The molecule has 0 saturated carbocycles. The van der Waals surface area contributed by atoms with Crippen LogP contribution < -0.4 is 0 Å². The van der Waals surface area contributed by atoms with Crippen molar-refractivity contribution in [3.63, 3.8) is 0 Å². The standard InChI is InChI=1S/C12H16FNO3S/c13-12-5-4-11(8-10(12)9-15)18(16,17)14-6-2-1-3-7-14/h4-5,8,15H,1-3,6-7,9H2. The lowest BCUT2D eigenvalue weighted by atomic mass is 10.2. The first-order valence-electron chi connectivity index (χ1n) is 5.95. The summed E-state index contributed by atoms with van der Waals surface area (Å²) < 4.78 is 39.2. The Hall–Kier alpha value is -0.980. The van der Waals surface area contributed by atoms with E-state index in [-0.39, 0.29) is 10.5 Å². The summed E-state index contributed by atoms with van der Waals surface area (Å²) in [5.74, 6) is -0.588. The van der Waals surface area contributed by atoms with Gasteiger partial charge in [0.25, 0.3) is 0 Å². The van der Waals surface area contributed by atoms with Gasteiger partial charge in [0, 0.05) is 18.7 Å². The Morgan fingerprint density at radius 3 is 2.50 bits per heavy atom. The fourth-order valence-corrected chi connectivity index (χ4v) is 3.66. The molecule has 4 nitrogen and oxygen atoms in total. The van der Waals surface area contributed by atoms with Crippen LogP contribution in [-0.4, -0.2) is 30.9 Å². The van der Waals surface area contributed by atoms with E-state index in [2.05, 4.69) is 0 Å². The topological polar surface area (TPSA) is 57.6 Å². The van der Waals surface area contributed by atoms with E-state index in [1.54, 1.807) is 0 Å². The molecule has 1 aliphatic heterocycles. The van der Waals surface area contributed by atoms with Crippen LogP contribution in [-0.2, 0) is 16.6 Å². The fourth-order valence-electron chi connectivity index (χ4n) is 2.09. The molecule has 1 fully saturated rings. The second kappa shape index (κ2) is 5.34. The van der Waals surface area contributed by atoms with Gasteiger partial charge in [-0.25, -0.2) is 12.8 Å². The SMILES string of the molecule is O=S(=O)(c1ccc(F)c(CO)c1)N1CCCCC1. The van der Waals surface area contributed by atoms with Crippen LogP contribution in [0.5, 0.6) is 0 Å². The van der Waals surface area contributed by atoms with Gasteiger partial charge < -0.3 is 5.11 Å². The zero-order valence-corrected chi connectivity index (χ0v) is 10.8. The third kappa shape index (κ3) is 2.55. The number of hydrogen-bond donors (Lipinski definition) is 1. The molecule has 0 amide bonds. The lowest BCUT2D eigenvalue weighted by Gasteiger charge is -2.26. The lowest BCUT2D eigenvalue weighted by molar-refractivity contribution is 0.275. The number of halogens is 1. The van der Waals surface area contributed by atoms with E-state index in [1.807, 2.05) is 0 Å². The molecular formula is C12H16FNO3S. The average Bonchev–Trinajstić information content (AvgIpc) is 2.40. The molecule has 6 heteroatoms. The van der Waals surface area contributed by atoms with Gasteiger partial charge in [-0.1, -0.05) is 6.42 Å². The first kappa shape index (κ1) is 13.5. The minimum absolute atomic E-state index is 0.00749. The molecule has 0 unspecified atom stereocenters. The number of hydrogen-bond acceptors (Lipinski definition) is 3. The van der Waals surface area contributed by atoms with Crippen molar-refractivity contribution in [2.75, 3.05) is 13.1 Å². The van der Waals surface area contributed by atoms with Crippen LogP contribution in [0.15, 0.2) is 23.1 Å². The molecule has 1 aromatic rings. The van der Waals surface area contributed by atoms with Crippen LogP contribution in [0, 0.1) is 5.82 Å². The molecule has 1 aliphatic rings. The summed E-state index contributed by atoms with van der Waals surface area (Å²) in [7, 11) is -3.56. The van der Waals surface area contributed by atoms with Crippen molar-refractivity contribution in [3.8, 4) is 0 Å². The van der Waals surface area contributed by atoms with Gasteiger partial charge in [0.2, 0.25) is 10.0 Å². The Morgan fingerprint density at radius 1 is 1.22 bits per heavy atom. The lowest BCUT2D eigenvalue weighted by Crippen LogP contribution is -2.35. The van der Waals surface area contributed by atoms with E-state index in [4.69, 9.17) is 5.11 Å². The van der Waals surface area contributed by atoms with E-state index < -0.39 is 22.4 Å². The van der Waals surface area contributed by atoms with Gasteiger partial charge in [0.15, 0.2) is 0 Å². The van der Waals surface area contributed by atoms with E-state index >= 15 is 0 Å². The molecule has 1 aromatic carbocycles. The number of aliphatic hydroxyl groups excluding tert-OH is 1. The number of piperidine rings is 1. The van der Waals surface area contributed by atoms with Gasteiger partial charge in [-0.05, 0) is 31.0 Å². The molecule has 0 aromatic heterocycles. The van der Waals surface area contributed by atoms with Gasteiger partial charge in [0.1, 0.15) is 5.82 Å². The third-order valence-corrected chi connectivity index (χ3v) is 5.03. The molecule has 0 spiro atoms. The number of sulfonamides is 1. The summed E-state index contributed by atoms with van der Waals surface area (Å²) in [5, 5.41) is 8.97. The highest BCUT2D eigenvalue weighted by atomic mass is 32.2. The number of benzene rings is 1. The van der Waals surface area contributed by atoms with Crippen molar-refractivity contribution >= 4 is 10.0 Å².